The minimum atomic E-state index is -3.17. The van der Waals surface area contributed by atoms with Crippen LogP contribution in [0.4, 0.5) is 5.82 Å². The molecule has 5 rings (SSSR count). The van der Waals surface area contributed by atoms with Crippen LogP contribution in [0, 0.1) is 6.92 Å². The first-order valence-corrected chi connectivity index (χ1v) is 16.8. The minimum Gasteiger partial charge on any atom is -0.368 e. The summed E-state index contributed by atoms with van der Waals surface area (Å²) >= 11 is 0. The number of sulfonamides is 1. The highest BCUT2D eigenvalue weighted by atomic mass is 32.2. The summed E-state index contributed by atoms with van der Waals surface area (Å²) in [5.74, 6) is 0.581. The fourth-order valence-corrected chi connectivity index (χ4v) is 7.10. The molecular formula is C30H44N6O4S. The Hall–Kier alpha value is -2.60. The standard InChI is InChI=1S/C30H44N6O4S/c1-22-7-9-23(10-8-22)28-6-4-5-26(40-28)20-31-29-19-27(32-21-33-29)30(37)36-17-13-25(14-18-36)35-15-11-24(12-16-35)34(2)41(3,38)39/h7-10,19,21,24-26,28H,4-6,11-18,20H2,1-3H3,(H,31,32,33)/t26?,28-/m0/s1. The Bertz CT molecular complexity index is 1270. The Balaban J connectivity index is 1.08. The number of hydrogen-bond acceptors (Lipinski definition) is 8. The normalized spacial score (nSPS) is 23.6. The molecule has 1 unspecified atom stereocenters. The number of anilines is 1. The Morgan fingerprint density at radius 2 is 1.73 bits per heavy atom. The van der Waals surface area contributed by atoms with E-state index in [0.29, 0.717) is 37.2 Å². The van der Waals surface area contributed by atoms with Crippen molar-refractivity contribution >= 4 is 21.7 Å². The lowest BCUT2D eigenvalue weighted by molar-refractivity contribution is -0.0442. The first-order chi connectivity index (χ1) is 19.7. The number of ether oxygens (including phenoxy) is 1. The van der Waals surface area contributed by atoms with E-state index in [2.05, 4.69) is 51.4 Å². The van der Waals surface area contributed by atoms with Gasteiger partial charge in [0.1, 0.15) is 17.8 Å². The molecule has 1 amide bonds. The lowest BCUT2D eigenvalue weighted by atomic mass is 9.97. The molecule has 0 bridgehead atoms. The summed E-state index contributed by atoms with van der Waals surface area (Å²) in [6.07, 6.45) is 9.58. The van der Waals surface area contributed by atoms with Gasteiger partial charge in [0.05, 0.1) is 18.5 Å². The fraction of sp³-hybridized carbons (Fsp3) is 0.633. The van der Waals surface area contributed by atoms with Gasteiger partial charge in [0.2, 0.25) is 10.0 Å². The van der Waals surface area contributed by atoms with E-state index in [1.54, 1.807) is 13.1 Å². The van der Waals surface area contributed by atoms with E-state index in [9.17, 15) is 13.2 Å². The van der Waals surface area contributed by atoms with E-state index < -0.39 is 10.0 Å². The number of carbonyl (C=O) groups is 1. The van der Waals surface area contributed by atoms with Crippen LogP contribution in [0.15, 0.2) is 36.7 Å². The second-order valence-corrected chi connectivity index (χ2v) is 13.9. The average Bonchev–Trinajstić information content (AvgIpc) is 3.00. The van der Waals surface area contributed by atoms with Gasteiger partial charge in [0.15, 0.2) is 0 Å². The quantitative estimate of drug-likeness (QED) is 0.503. The van der Waals surface area contributed by atoms with Crippen LogP contribution >= 0.6 is 0 Å². The van der Waals surface area contributed by atoms with Crippen LogP contribution in [0.5, 0.6) is 0 Å². The lowest BCUT2D eigenvalue weighted by Gasteiger charge is -2.42. The molecule has 1 aromatic heterocycles. The Morgan fingerprint density at radius 1 is 1.02 bits per heavy atom. The van der Waals surface area contributed by atoms with Gasteiger partial charge in [-0.25, -0.2) is 22.7 Å². The van der Waals surface area contributed by atoms with Crippen LogP contribution in [0.3, 0.4) is 0 Å². The number of carbonyl (C=O) groups excluding carboxylic acids is 1. The summed E-state index contributed by atoms with van der Waals surface area (Å²) in [6.45, 7) is 5.89. The number of rotatable bonds is 8. The molecule has 1 N–H and O–H groups in total. The number of aromatic nitrogens is 2. The molecule has 0 spiro atoms. The molecule has 41 heavy (non-hydrogen) atoms. The summed E-state index contributed by atoms with van der Waals surface area (Å²) in [5, 5.41) is 3.37. The van der Waals surface area contributed by atoms with Gasteiger partial charge >= 0.3 is 0 Å². The SMILES string of the molecule is Cc1ccc([C@@H]2CCCC(CNc3cc(C(=O)N4CCC(N5CCC(N(C)S(C)(=O)=O)CC5)CC4)ncn3)O2)cc1. The third-order valence-corrected chi connectivity index (χ3v) is 10.3. The van der Waals surface area contributed by atoms with Crippen molar-refractivity contribution in [3.8, 4) is 0 Å². The molecule has 224 valence electrons. The van der Waals surface area contributed by atoms with Gasteiger partial charge in [-0.3, -0.25) is 4.79 Å². The summed E-state index contributed by atoms with van der Waals surface area (Å²) in [4.78, 5) is 26.3. The number of likely N-dealkylation sites (tertiary alicyclic amines) is 2. The maximum Gasteiger partial charge on any atom is 0.272 e. The molecule has 4 heterocycles. The van der Waals surface area contributed by atoms with Crippen LogP contribution < -0.4 is 5.32 Å². The van der Waals surface area contributed by atoms with Gasteiger partial charge in [0.25, 0.3) is 5.91 Å². The van der Waals surface area contributed by atoms with Gasteiger partial charge in [0, 0.05) is 44.8 Å². The van der Waals surface area contributed by atoms with Crippen molar-refractivity contribution in [2.75, 3.05) is 51.3 Å². The third kappa shape index (κ3) is 7.63. The van der Waals surface area contributed by atoms with Crippen LogP contribution in [0.2, 0.25) is 0 Å². The van der Waals surface area contributed by atoms with E-state index in [0.717, 1.165) is 58.0 Å². The van der Waals surface area contributed by atoms with Crippen molar-refractivity contribution in [1.29, 1.82) is 0 Å². The highest BCUT2D eigenvalue weighted by Gasteiger charge is 2.33. The molecule has 11 heteroatoms. The van der Waals surface area contributed by atoms with Crippen molar-refractivity contribution in [1.82, 2.24) is 24.1 Å². The van der Waals surface area contributed by atoms with Crippen molar-refractivity contribution in [3.63, 3.8) is 0 Å². The van der Waals surface area contributed by atoms with E-state index in [1.165, 1.54) is 28.0 Å². The number of aryl methyl sites for hydroxylation is 1. The first kappa shape index (κ1) is 29.9. The zero-order chi connectivity index (χ0) is 29.0. The van der Waals surface area contributed by atoms with Crippen LogP contribution in [0.25, 0.3) is 0 Å². The van der Waals surface area contributed by atoms with Crippen molar-refractivity contribution in [2.45, 2.75) is 76.2 Å². The van der Waals surface area contributed by atoms with Crippen LogP contribution in [0.1, 0.15) is 72.7 Å². The molecule has 2 atom stereocenters. The van der Waals surface area contributed by atoms with Crippen molar-refractivity contribution < 1.29 is 17.9 Å². The number of benzene rings is 1. The average molecular weight is 585 g/mol. The summed E-state index contributed by atoms with van der Waals surface area (Å²) in [7, 11) is -1.49. The van der Waals surface area contributed by atoms with Crippen LogP contribution in [-0.4, -0.2) is 103 Å². The van der Waals surface area contributed by atoms with E-state index in [4.69, 9.17) is 4.74 Å². The highest BCUT2D eigenvalue weighted by molar-refractivity contribution is 7.88. The largest absolute Gasteiger partial charge is 0.368 e. The van der Waals surface area contributed by atoms with Gasteiger partial charge in [-0.1, -0.05) is 29.8 Å². The molecular weight excluding hydrogens is 540 g/mol. The predicted octanol–water partition coefficient (Wildman–Crippen LogP) is 3.47. The molecule has 1 aromatic carbocycles. The molecule has 2 aromatic rings. The molecule has 3 fully saturated rings. The molecule has 10 nitrogen and oxygen atoms in total. The maximum atomic E-state index is 13.3. The fourth-order valence-electron chi connectivity index (χ4n) is 6.35. The zero-order valence-corrected chi connectivity index (χ0v) is 25.4. The Labute approximate surface area is 244 Å². The number of nitrogens with zero attached hydrogens (tertiary/aromatic N) is 5. The number of nitrogens with one attached hydrogen (secondary N) is 1. The van der Waals surface area contributed by atoms with Gasteiger partial charge in [-0.05, 0) is 70.5 Å². The molecule has 3 aliphatic rings. The van der Waals surface area contributed by atoms with Crippen LogP contribution in [-0.2, 0) is 14.8 Å². The second-order valence-electron chi connectivity index (χ2n) is 11.8. The van der Waals surface area contributed by atoms with Crippen molar-refractivity contribution in [2.24, 2.45) is 0 Å². The summed E-state index contributed by atoms with van der Waals surface area (Å²) < 4.78 is 31.7. The van der Waals surface area contributed by atoms with E-state index >= 15 is 0 Å². The Morgan fingerprint density at radius 3 is 2.41 bits per heavy atom. The molecule has 0 aliphatic carbocycles. The number of amides is 1. The first-order valence-electron chi connectivity index (χ1n) is 14.9. The van der Waals surface area contributed by atoms with Gasteiger partial charge < -0.3 is 19.9 Å². The van der Waals surface area contributed by atoms with E-state index in [-0.39, 0.29) is 24.2 Å². The van der Waals surface area contributed by atoms with Gasteiger partial charge in [-0.2, -0.15) is 0 Å². The lowest BCUT2D eigenvalue weighted by Crippen LogP contribution is -2.52. The monoisotopic (exact) mass is 584 g/mol. The minimum absolute atomic E-state index is 0.0595. The van der Waals surface area contributed by atoms with Crippen molar-refractivity contribution in [3.05, 3.63) is 53.5 Å². The Kier molecular flexibility index (Phi) is 9.58. The number of hydrogen-bond donors (Lipinski definition) is 1. The molecule has 3 aliphatic heterocycles. The predicted molar refractivity (Wildman–Crippen MR) is 159 cm³/mol. The summed E-state index contributed by atoms with van der Waals surface area (Å²) in [6, 6.07) is 10.8. The molecule has 3 saturated heterocycles. The molecule has 0 radical (unpaired) electrons. The zero-order valence-electron chi connectivity index (χ0n) is 24.5. The summed E-state index contributed by atoms with van der Waals surface area (Å²) in [5.41, 5.74) is 2.88. The maximum absolute atomic E-state index is 13.3. The third-order valence-electron chi connectivity index (χ3n) is 9.00. The van der Waals surface area contributed by atoms with Gasteiger partial charge in [-0.15, -0.1) is 0 Å². The second kappa shape index (κ2) is 13.1. The smallest absolute Gasteiger partial charge is 0.272 e. The topological polar surface area (TPSA) is 108 Å². The number of piperidine rings is 2. The van der Waals surface area contributed by atoms with E-state index in [1.807, 2.05) is 4.90 Å². The molecule has 0 saturated carbocycles. The highest BCUT2D eigenvalue weighted by Crippen LogP contribution is 2.31.